The highest BCUT2D eigenvalue weighted by Crippen LogP contribution is 2.21. The average molecular weight is 485 g/mol. The normalized spacial score (nSPS) is 10.8. The molecule has 0 aliphatic carbocycles. The number of nitrogens with zero attached hydrogens (tertiary/aromatic N) is 3. The third kappa shape index (κ3) is 5.00. The SMILES string of the molecule is Cc1onc(C(=O)Nc2ccn(Cc3ccc(Br)cc3)n2)c1COc1ccccc1F. The van der Waals surface area contributed by atoms with Gasteiger partial charge in [0.2, 0.25) is 0 Å². The summed E-state index contributed by atoms with van der Waals surface area (Å²) in [7, 11) is 0. The van der Waals surface area contributed by atoms with Gasteiger partial charge in [0, 0.05) is 16.7 Å². The standard InChI is InChI=1S/C22H18BrFN4O3/c1-14-17(13-30-19-5-3-2-4-18(19)24)21(27-31-14)22(29)25-20-10-11-28(26-20)12-15-6-8-16(23)9-7-15/h2-11H,12-13H2,1H3,(H,25,26,29). The Kier molecular flexibility index (Phi) is 6.13. The quantitative estimate of drug-likeness (QED) is 0.400. The fourth-order valence-corrected chi connectivity index (χ4v) is 3.18. The van der Waals surface area contributed by atoms with Crippen LogP contribution >= 0.6 is 15.9 Å². The zero-order valence-electron chi connectivity index (χ0n) is 16.5. The van der Waals surface area contributed by atoms with Crippen LogP contribution < -0.4 is 10.1 Å². The smallest absolute Gasteiger partial charge is 0.279 e. The van der Waals surface area contributed by atoms with Crippen molar-refractivity contribution in [3.8, 4) is 5.75 Å². The van der Waals surface area contributed by atoms with Crippen LogP contribution in [0, 0.1) is 12.7 Å². The van der Waals surface area contributed by atoms with E-state index < -0.39 is 11.7 Å². The fraction of sp³-hybridized carbons (Fsp3) is 0.136. The molecule has 1 amide bonds. The molecule has 31 heavy (non-hydrogen) atoms. The van der Waals surface area contributed by atoms with E-state index in [-0.39, 0.29) is 18.1 Å². The average Bonchev–Trinajstić information content (AvgIpc) is 3.35. The molecule has 0 unspecified atom stereocenters. The van der Waals surface area contributed by atoms with E-state index in [4.69, 9.17) is 9.26 Å². The van der Waals surface area contributed by atoms with Crippen LogP contribution in [0.5, 0.6) is 5.75 Å². The second kappa shape index (κ2) is 9.13. The zero-order valence-corrected chi connectivity index (χ0v) is 18.1. The van der Waals surface area contributed by atoms with Gasteiger partial charge < -0.3 is 14.6 Å². The number of carbonyl (C=O) groups excluding carboxylic acids is 1. The number of amides is 1. The summed E-state index contributed by atoms with van der Waals surface area (Å²) < 4.78 is 27.2. The Morgan fingerprint density at radius 1 is 1.19 bits per heavy atom. The van der Waals surface area contributed by atoms with Gasteiger partial charge in [-0.3, -0.25) is 9.48 Å². The number of aryl methyl sites for hydroxylation is 1. The van der Waals surface area contributed by atoms with Gasteiger partial charge in [0.05, 0.1) is 12.1 Å². The van der Waals surface area contributed by atoms with Crippen molar-refractivity contribution in [2.24, 2.45) is 0 Å². The lowest BCUT2D eigenvalue weighted by atomic mass is 10.2. The van der Waals surface area contributed by atoms with E-state index in [0.29, 0.717) is 23.7 Å². The lowest BCUT2D eigenvalue weighted by molar-refractivity contribution is 0.101. The number of aromatic nitrogens is 3. The molecule has 0 aliphatic heterocycles. The number of halogens is 2. The van der Waals surface area contributed by atoms with Crippen LogP contribution in [0.3, 0.4) is 0 Å². The number of hydrogen-bond acceptors (Lipinski definition) is 5. The molecule has 0 bridgehead atoms. The van der Waals surface area contributed by atoms with Crippen LogP contribution in [-0.2, 0) is 13.2 Å². The number of rotatable bonds is 7. The number of nitrogens with one attached hydrogen (secondary N) is 1. The number of para-hydroxylation sites is 1. The topological polar surface area (TPSA) is 82.2 Å². The molecule has 4 aromatic rings. The molecule has 0 radical (unpaired) electrons. The van der Waals surface area contributed by atoms with Crippen LogP contribution in [0.2, 0.25) is 0 Å². The van der Waals surface area contributed by atoms with Crippen molar-refractivity contribution in [1.82, 2.24) is 14.9 Å². The van der Waals surface area contributed by atoms with E-state index >= 15 is 0 Å². The van der Waals surface area contributed by atoms with Gasteiger partial charge in [-0.25, -0.2) is 4.39 Å². The highest BCUT2D eigenvalue weighted by atomic mass is 79.9. The molecule has 7 nitrogen and oxygen atoms in total. The molecule has 9 heteroatoms. The van der Waals surface area contributed by atoms with Gasteiger partial charge in [0.15, 0.2) is 23.1 Å². The molecule has 2 aromatic heterocycles. The van der Waals surface area contributed by atoms with Gasteiger partial charge in [-0.15, -0.1) is 0 Å². The fourth-order valence-electron chi connectivity index (χ4n) is 2.92. The number of hydrogen-bond donors (Lipinski definition) is 1. The van der Waals surface area contributed by atoms with Crippen molar-refractivity contribution >= 4 is 27.7 Å². The number of carbonyl (C=O) groups is 1. The molecule has 0 spiro atoms. The molecule has 0 atom stereocenters. The van der Waals surface area contributed by atoms with Crippen LogP contribution in [0.15, 0.2) is 69.8 Å². The van der Waals surface area contributed by atoms with Gasteiger partial charge in [0.25, 0.3) is 5.91 Å². The highest BCUT2D eigenvalue weighted by Gasteiger charge is 2.21. The maximum atomic E-state index is 13.8. The summed E-state index contributed by atoms with van der Waals surface area (Å²) in [6.45, 7) is 2.17. The molecule has 0 saturated carbocycles. The molecule has 4 rings (SSSR count). The number of benzene rings is 2. The van der Waals surface area contributed by atoms with Crippen molar-refractivity contribution in [2.75, 3.05) is 5.32 Å². The molecule has 0 saturated heterocycles. The highest BCUT2D eigenvalue weighted by molar-refractivity contribution is 9.10. The number of anilines is 1. The lowest BCUT2D eigenvalue weighted by Crippen LogP contribution is -2.16. The molecular weight excluding hydrogens is 467 g/mol. The minimum absolute atomic E-state index is 0.0585. The van der Waals surface area contributed by atoms with Crippen molar-refractivity contribution in [3.05, 3.63) is 93.7 Å². The predicted molar refractivity (Wildman–Crippen MR) is 115 cm³/mol. The summed E-state index contributed by atoms with van der Waals surface area (Å²) >= 11 is 3.41. The third-order valence-electron chi connectivity index (χ3n) is 4.55. The Balaban J connectivity index is 1.43. The van der Waals surface area contributed by atoms with Crippen LogP contribution in [0.25, 0.3) is 0 Å². The zero-order chi connectivity index (χ0) is 21.8. The first-order valence-electron chi connectivity index (χ1n) is 9.41. The van der Waals surface area contributed by atoms with Crippen molar-refractivity contribution in [2.45, 2.75) is 20.1 Å². The minimum Gasteiger partial charge on any atom is -0.486 e. The van der Waals surface area contributed by atoms with Crippen LogP contribution in [0.4, 0.5) is 10.2 Å². The molecule has 2 aromatic carbocycles. The first-order chi connectivity index (χ1) is 15.0. The van der Waals surface area contributed by atoms with Gasteiger partial charge >= 0.3 is 0 Å². The van der Waals surface area contributed by atoms with Crippen molar-refractivity contribution in [1.29, 1.82) is 0 Å². The summed E-state index contributed by atoms with van der Waals surface area (Å²) in [6.07, 6.45) is 1.77. The lowest BCUT2D eigenvalue weighted by Gasteiger charge is -2.07. The summed E-state index contributed by atoms with van der Waals surface area (Å²) in [5.41, 5.74) is 1.58. The van der Waals surface area contributed by atoms with Gasteiger partial charge in [-0.05, 0) is 36.8 Å². The maximum absolute atomic E-state index is 13.8. The van der Waals surface area contributed by atoms with E-state index in [1.807, 2.05) is 24.3 Å². The minimum atomic E-state index is -0.488. The van der Waals surface area contributed by atoms with Crippen LogP contribution in [-0.4, -0.2) is 20.8 Å². The Morgan fingerprint density at radius 3 is 2.74 bits per heavy atom. The molecule has 0 fully saturated rings. The Bertz CT molecular complexity index is 1200. The molecule has 0 aliphatic rings. The first kappa shape index (κ1) is 20.8. The third-order valence-corrected chi connectivity index (χ3v) is 5.08. The molecule has 2 heterocycles. The Hall–Kier alpha value is -3.46. The van der Waals surface area contributed by atoms with Crippen LogP contribution in [0.1, 0.15) is 27.4 Å². The second-order valence-corrected chi connectivity index (χ2v) is 7.68. The Labute approximate surface area is 185 Å². The number of ether oxygens (including phenoxy) is 1. The van der Waals surface area contributed by atoms with E-state index in [9.17, 15) is 9.18 Å². The summed E-state index contributed by atoms with van der Waals surface area (Å²) in [4.78, 5) is 12.7. The van der Waals surface area contributed by atoms with Gasteiger partial charge in [0.1, 0.15) is 12.4 Å². The monoisotopic (exact) mass is 484 g/mol. The summed E-state index contributed by atoms with van der Waals surface area (Å²) in [6, 6.07) is 15.6. The summed E-state index contributed by atoms with van der Waals surface area (Å²) in [5, 5.41) is 10.9. The predicted octanol–water partition coefficient (Wildman–Crippen LogP) is 4.96. The molecule has 1 N–H and O–H groups in total. The van der Waals surface area contributed by atoms with E-state index in [2.05, 4.69) is 31.5 Å². The van der Waals surface area contributed by atoms with Crippen molar-refractivity contribution < 1.29 is 18.4 Å². The second-order valence-electron chi connectivity index (χ2n) is 6.76. The first-order valence-corrected chi connectivity index (χ1v) is 10.2. The molecule has 158 valence electrons. The maximum Gasteiger partial charge on any atom is 0.279 e. The summed E-state index contributed by atoms with van der Waals surface area (Å²) in [5.74, 6) is -0.0936. The van der Waals surface area contributed by atoms with Crippen molar-refractivity contribution in [3.63, 3.8) is 0 Å². The van der Waals surface area contributed by atoms with E-state index in [0.717, 1.165) is 10.0 Å². The largest absolute Gasteiger partial charge is 0.486 e. The van der Waals surface area contributed by atoms with E-state index in [1.54, 1.807) is 36.0 Å². The van der Waals surface area contributed by atoms with Gasteiger partial charge in [-0.1, -0.05) is 45.4 Å². The molecular formula is C22H18BrFN4O3. The Morgan fingerprint density at radius 2 is 1.97 bits per heavy atom. The van der Waals surface area contributed by atoms with E-state index in [1.165, 1.54) is 12.1 Å². The van der Waals surface area contributed by atoms with Gasteiger partial charge in [-0.2, -0.15) is 5.10 Å².